The van der Waals surface area contributed by atoms with Gasteiger partial charge in [-0.3, -0.25) is 0 Å². The number of ether oxygens (including phenoxy) is 2. The fourth-order valence-electron chi connectivity index (χ4n) is 1.96. The van der Waals surface area contributed by atoms with Crippen LogP contribution in [0.3, 0.4) is 0 Å². The predicted molar refractivity (Wildman–Crippen MR) is 140 cm³/mol. The summed E-state index contributed by atoms with van der Waals surface area (Å²) in [4.78, 5) is 31.1. The third kappa shape index (κ3) is 43.1. The Morgan fingerprint density at radius 3 is 1.24 bits per heavy atom. The van der Waals surface area contributed by atoms with E-state index in [9.17, 15) is 19.8 Å². The first-order valence-corrected chi connectivity index (χ1v) is 11.1. The molecular weight excluding hydrogens is 518 g/mol. The van der Waals surface area contributed by atoms with Gasteiger partial charge in [0.25, 0.3) is 0 Å². The van der Waals surface area contributed by atoms with Gasteiger partial charge in [0.05, 0.1) is 54.3 Å². The minimum absolute atomic E-state index is 0. The zero-order valence-corrected chi connectivity index (χ0v) is 24.8. The maximum Gasteiger partial charge on any atom is 0.333 e. The monoisotopic (exact) mass is 563 g/mol. The number of hydrogen-bond acceptors (Lipinski definition) is 9. The molecule has 0 aromatic heterocycles. The van der Waals surface area contributed by atoms with Gasteiger partial charge in [-0.05, 0) is 19.9 Å². The highest BCUT2D eigenvalue weighted by atomic mass is 35.5. The van der Waals surface area contributed by atoms with E-state index in [1.165, 1.54) is 6.08 Å². The summed E-state index contributed by atoms with van der Waals surface area (Å²) in [7, 11) is 11.8. The van der Waals surface area contributed by atoms with Crippen LogP contribution in [0.2, 0.25) is 0 Å². The van der Waals surface area contributed by atoms with E-state index in [1.807, 2.05) is 42.3 Å². The molecule has 0 saturated heterocycles. The topological polar surface area (TPSA) is 157 Å². The summed E-state index contributed by atoms with van der Waals surface area (Å²) in [5.41, 5.74) is 0.699. The van der Waals surface area contributed by atoms with E-state index >= 15 is 0 Å². The van der Waals surface area contributed by atoms with E-state index in [0.29, 0.717) is 33.2 Å². The van der Waals surface area contributed by atoms with Gasteiger partial charge < -0.3 is 51.0 Å². The van der Waals surface area contributed by atoms with Crippen molar-refractivity contribution in [3.8, 4) is 6.07 Å². The molecule has 0 aromatic rings. The van der Waals surface area contributed by atoms with E-state index in [0.717, 1.165) is 6.08 Å². The van der Waals surface area contributed by atoms with Crippen LogP contribution in [0.5, 0.6) is 0 Å². The lowest BCUT2D eigenvalue weighted by molar-refractivity contribution is -0.873. The maximum atomic E-state index is 11.0. The average Bonchev–Trinajstić information content (AvgIpc) is 2.74. The Bertz CT molecular complexity index is 746. The van der Waals surface area contributed by atoms with Gasteiger partial charge in [0.15, 0.2) is 0 Å². The van der Waals surface area contributed by atoms with Crippen molar-refractivity contribution in [1.82, 2.24) is 0 Å². The molecule has 0 bridgehead atoms. The highest BCUT2D eigenvalue weighted by molar-refractivity contribution is 5.87. The fourth-order valence-corrected chi connectivity index (χ4v) is 1.96. The number of aliphatic hydroxyl groups excluding tert-OH is 2. The molecule has 0 fully saturated rings. The number of likely N-dealkylation sites (N-methyl/N-ethyl adjacent to an activating group) is 2. The van der Waals surface area contributed by atoms with Crippen molar-refractivity contribution in [1.29, 1.82) is 5.26 Å². The largest absolute Gasteiger partial charge is 1.00 e. The molecule has 0 rings (SSSR count). The summed E-state index contributed by atoms with van der Waals surface area (Å²) in [5.74, 6) is -2.14. The standard InChI is InChI=1S/2C10H20NO3.C3H3N.C3H4O2.ClH/c2*1-8(2)10(13)14-7-9(12)6-11(3,4)5;1-2-3-4;1-2-3(4)5;/h2*9,12H,1,6-7H2,2-5H3;2H,1H2;2H,1H2,(H,4,5);1H/q2*+1;;;/p-2. The first kappa shape index (κ1) is 44.9. The van der Waals surface area contributed by atoms with E-state index in [-0.39, 0.29) is 25.6 Å². The number of nitrogens with zero attached hydrogens (tertiary/aromatic N) is 3. The number of allylic oxidation sites excluding steroid dienone is 1. The Labute approximate surface area is 234 Å². The zero-order valence-electron chi connectivity index (χ0n) is 24.0. The Morgan fingerprint density at radius 2 is 1.11 bits per heavy atom. The molecule has 11 nitrogen and oxygen atoms in total. The molecule has 0 aliphatic heterocycles. The summed E-state index contributed by atoms with van der Waals surface area (Å²) in [6.07, 6.45) is 0.650. The molecule has 2 atom stereocenters. The number of carboxylic acids is 1. The molecule has 0 aliphatic carbocycles. The van der Waals surface area contributed by atoms with Gasteiger partial charge in [-0.15, -0.1) is 0 Å². The maximum absolute atomic E-state index is 11.0. The smallest absolute Gasteiger partial charge is 0.333 e. The Kier molecular flexibility index (Phi) is 28.8. The van der Waals surface area contributed by atoms with Crippen molar-refractivity contribution in [2.75, 3.05) is 68.6 Å². The van der Waals surface area contributed by atoms with Crippen LogP contribution in [-0.4, -0.2) is 118 Å². The number of carbonyl (C=O) groups is 3. The lowest BCUT2D eigenvalue weighted by Gasteiger charge is -2.26. The second-order valence-corrected chi connectivity index (χ2v) is 9.87. The first-order valence-electron chi connectivity index (χ1n) is 11.1. The number of esters is 2. The Hall–Kier alpha value is -3.01. The van der Waals surface area contributed by atoms with Crippen LogP contribution < -0.4 is 17.5 Å². The van der Waals surface area contributed by atoms with Crippen LogP contribution in [-0.2, 0) is 23.9 Å². The van der Waals surface area contributed by atoms with Crippen molar-refractivity contribution < 1.29 is 60.6 Å². The second kappa shape index (κ2) is 24.3. The third-order valence-corrected chi connectivity index (χ3v) is 3.29. The second-order valence-electron chi connectivity index (χ2n) is 9.87. The molecular formula is C26H46ClN3O8. The molecule has 0 aliphatic rings. The molecule has 12 heteroatoms. The number of aliphatic hydroxyl groups is 2. The molecule has 38 heavy (non-hydrogen) atoms. The molecule has 0 spiro atoms. The van der Waals surface area contributed by atoms with Crippen LogP contribution in [0.25, 0.3) is 0 Å². The molecule has 0 radical (unpaired) electrons. The number of rotatable bonds is 11. The number of carboxylic acid groups (broad SMARTS) is 1. The minimum atomic E-state index is -1.23. The molecule has 0 heterocycles. The van der Waals surface area contributed by atoms with Gasteiger partial charge in [-0.1, -0.05) is 26.3 Å². The van der Waals surface area contributed by atoms with Crippen molar-refractivity contribution in [3.63, 3.8) is 0 Å². The first-order chi connectivity index (χ1) is 16.6. The molecule has 0 amide bonds. The van der Waals surface area contributed by atoms with Crippen molar-refractivity contribution in [2.45, 2.75) is 26.1 Å². The Balaban J connectivity index is -0.000000142. The predicted octanol–water partition coefficient (Wildman–Crippen LogP) is -3.03. The lowest BCUT2D eigenvalue weighted by Crippen LogP contribution is -3.00. The van der Waals surface area contributed by atoms with E-state index < -0.39 is 30.1 Å². The summed E-state index contributed by atoms with van der Waals surface area (Å²) in [6, 6.07) is 1.69. The molecule has 220 valence electrons. The van der Waals surface area contributed by atoms with Crippen molar-refractivity contribution >= 4 is 17.9 Å². The third-order valence-electron chi connectivity index (χ3n) is 3.29. The number of quaternary nitrogens is 2. The van der Waals surface area contributed by atoms with E-state index in [1.54, 1.807) is 19.9 Å². The van der Waals surface area contributed by atoms with E-state index in [2.05, 4.69) is 26.3 Å². The fraction of sp³-hybridized carbons (Fsp3) is 0.538. The number of aliphatic carboxylic acids is 1. The van der Waals surface area contributed by atoms with Crippen LogP contribution in [0.15, 0.2) is 49.6 Å². The zero-order chi connectivity index (χ0) is 30.4. The number of hydrogen-bond donors (Lipinski definition) is 2. The van der Waals surface area contributed by atoms with Crippen molar-refractivity contribution in [3.05, 3.63) is 49.6 Å². The van der Waals surface area contributed by atoms with Gasteiger partial charge >= 0.3 is 11.9 Å². The summed E-state index contributed by atoms with van der Waals surface area (Å²) in [6.45, 7) is 17.2. The molecule has 0 saturated carbocycles. The quantitative estimate of drug-likeness (QED) is 0.115. The molecule has 0 aromatic carbocycles. The summed E-state index contributed by atoms with van der Waals surface area (Å²) < 4.78 is 10.9. The molecule has 2 N–H and O–H groups in total. The molecule has 2 unspecified atom stereocenters. The van der Waals surface area contributed by atoms with Crippen LogP contribution in [0, 0.1) is 11.3 Å². The van der Waals surface area contributed by atoms with Crippen LogP contribution in [0.4, 0.5) is 0 Å². The summed E-state index contributed by atoms with van der Waals surface area (Å²) in [5, 5.41) is 35.6. The summed E-state index contributed by atoms with van der Waals surface area (Å²) >= 11 is 0. The van der Waals surface area contributed by atoms with Gasteiger partial charge in [0.2, 0.25) is 0 Å². The van der Waals surface area contributed by atoms with E-state index in [4.69, 9.17) is 24.6 Å². The van der Waals surface area contributed by atoms with Crippen LogP contribution >= 0.6 is 0 Å². The Morgan fingerprint density at radius 1 is 0.868 bits per heavy atom. The minimum Gasteiger partial charge on any atom is -1.00 e. The van der Waals surface area contributed by atoms with Gasteiger partial charge in [-0.25, -0.2) is 9.59 Å². The lowest BCUT2D eigenvalue weighted by atomic mass is 10.3. The highest BCUT2D eigenvalue weighted by Gasteiger charge is 2.18. The number of nitriles is 1. The van der Waals surface area contributed by atoms with Crippen LogP contribution in [0.1, 0.15) is 13.8 Å². The SMILES string of the molecule is C=C(C)C(=O)OCC(O)C[N+](C)(C)C.C=C(C)C(=O)OCC(O)C[N+](C)(C)C.C=CC#N.C=CC(=O)[O-].[Cl-]. The normalized spacial score (nSPS) is 11.2. The number of halogens is 1. The van der Waals surface area contributed by atoms with Gasteiger partial charge in [0.1, 0.15) is 38.5 Å². The number of carbonyl (C=O) groups excluding carboxylic acids is 3. The highest BCUT2D eigenvalue weighted by Crippen LogP contribution is 1.99. The van der Waals surface area contributed by atoms with Crippen molar-refractivity contribution in [2.24, 2.45) is 0 Å². The van der Waals surface area contributed by atoms with Gasteiger partial charge in [0, 0.05) is 17.2 Å². The van der Waals surface area contributed by atoms with Gasteiger partial charge in [-0.2, -0.15) is 5.26 Å². The average molecular weight is 564 g/mol.